The van der Waals surface area contributed by atoms with Crippen molar-refractivity contribution in [3.05, 3.63) is 82.9 Å². The summed E-state index contributed by atoms with van der Waals surface area (Å²) in [7, 11) is 0. The summed E-state index contributed by atoms with van der Waals surface area (Å²) >= 11 is 6.02. The lowest BCUT2D eigenvalue weighted by Gasteiger charge is -2.18. The number of amides is 1. The molecule has 1 saturated carbocycles. The molecule has 29 heavy (non-hydrogen) atoms. The van der Waals surface area contributed by atoms with E-state index in [2.05, 4.69) is 4.98 Å². The zero-order valence-electron chi connectivity index (χ0n) is 15.5. The molecule has 0 bridgehead atoms. The molecule has 1 aliphatic heterocycles. The van der Waals surface area contributed by atoms with Gasteiger partial charge in [0.1, 0.15) is 0 Å². The van der Waals surface area contributed by atoms with E-state index < -0.39 is 11.4 Å². The number of rotatable bonds is 5. The van der Waals surface area contributed by atoms with Crippen LogP contribution in [0.3, 0.4) is 0 Å². The summed E-state index contributed by atoms with van der Waals surface area (Å²) in [5, 5.41) is 9.72. The van der Waals surface area contributed by atoms with Crippen molar-refractivity contribution in [1.29, 1.82) is 0 Å². The molecule has 1 aliphatic carbocycles. The van der Waals surface area contributed by atoms with Crippen LogP contribution in [0.5, 0.6) is 0 Å². The van der Waals surface area contributed by atoms with Gasteiger partial charge in [0.2, 0.25) is 5.91 Å². The molecule has 1 N–H and O–H groups in total. The number of carbonyl (C=O) groups is 2. The highest BCUT2D eigenvalue weighted by molar-refractivity contribution is 6.30. The number of aromatic nitrogens is 2. The second kappa shape index (κ2) is 6.46. The number of carbonyl (C=O) groups excluding carboxylic acids is 1. The van der Waals surface area contributed by atoms with Gasteiger partial charge in [-0.25, -0.2) is 9.78 Å². The molecule has 2 aromatic carbocycles. The predicted octanol–water partition coefficient (Wildman–Crippen LogP) is 3.71. The van der Waals surface area contributed by atoms with Crippen molar-refractivity contribution >= 4 is 29.2 Å². The summed E-state index contributed by atoms with van der Waals surface area (Å²) in [6, 6.07) is 15.7. The smallest absolute Gasteiger partial charge is 0.356 e. The molecule has 146 valence electrons. The third-order valence-corrected chi connectivity index (χ3v) is 6.22. The Morgan fingerprint density at radius 3 is 2.66 bits per heavy atom. The standard InChI is InChI=1S/C22H18ClN3O3/c23-15-7-5-14(6-8-15)17-11-22(17)16-3-1-2-4-19(16)26(21(22)29)10-9-25-12-18(20(27)28)24-13-25/h1-8,12-13,17H,9-11H2,(H,27,28)/t17-,22+/m1/s1. The zero-order valence-corrected chi connectivity index (χ0v) is 16.2. The number of nitrogens with zero attached hydrogens (tertiary/aromatic N) is 3. The summed E-state index contributed by atoms with van der Waals surface area (Å²) in [6.07, 6.45) is 3.76. The van der Waals surface area contributed by atoms with Crippen molar-refractivity contribution in [2.24, 2.45) is 0 Å². The summed E-state index contributed by atoms with van der Waals surface area (Å²) in [4.78, 5) is 30.2. The first-order chi connectivity index (χ1) is 14.0. The Labute approximate surface area is 172 Å². The van der Waals surface area contributed by atoms with Gasteiger partial charge < -0.3 is 14.6 Å². The molecule has 1 aromatic heterocycles. The lowest BCUT2D eigenvalue weighted by Crippen LogP contribution is -2.35. The van der Waals surface area contributed by atoms with Crippen LogP contribution < -0.4 is 4.90 Å². The SMILES string of the molecule is O=C(O)c1cn(CCN2C(=O)[C@@]3(C[C@@H]3c3ccc(Cl)cc3)c3ccccc32)cn1. The van der Waals surface area contributed by atoms with Gasteiger partial charge >= 0.3 is 5.97 Å². The number of anilines is 1. The normalized spacial score (nSPS) is 22.2. The number of fused-ring (bicyclic) bond motifs is 2. The van der Waals surface area contributed by atoms with Crippen LogP contribution in [-0.2, 0) is 16.8 Å². The van der Waals surface area contributed by atoms with Gasteiger partial charge in [-0.15, -0.1) is 0 Å². The van der Waals surface area contributed by atoms with E-state index in [0.717, 1.165) is 23.2 Å². The second-order valence-corrected chi connectivity index (χ2v) is 7.99. The fourth-order valence-electron chi connectivity index (χ4n) is 4.48. The van der Waals surface area contributed by atoms with Gasteiger partial charge in [0.15, 0.2) is 5.69 Å². The average Bonchev–Trinajstić information content (AvgIpc) is 3.20. The quantitative estimate of drug-likeness (QED) is 0.699. The molecular weight excluding hydrogens is 390 g/mol. The summed E-state index contributed by atoms with van der Waals surface area (Å²) in [6.45, 7) is 0.933. The minimum absolute atomic E-state index is 0.000357. The number of para-hydroxylation sites is 1. The van der Waals surface area contributed by atoms with Crippen molar-refractivity contribution < 1.29 is 14.7 Å². The van der Waals surface area contributed by atoms with Gasteiger partial charge in [0.05, 0.1) is 11.7 Å². The fraction of sp³-hybridized carbons (Fsp3) is 0.227. The van der Waals surface area contributed by atoms with Crippen LogP contribution in [0.25, 0.3) is 0 Å². The zero-order chi connectivity index (χ0) is 20.2. The van der Waals surface area contributed by atoms with Gasteiger partial charge in [-0.05, 0) is 35.7 Å². The molecule has 1 amide bonds. The molecule has 0 radical (unpaired) electrons. The Kier molecular flexibility index (Phi) is 3.99. The number of hydrogen-bond donors (Lipinski definition) is 1. The topological polar surface area (TPSA) is 75.4 Å². The molecule has 2 atom stereocenters. The van der Waals surface area contributed by atoms with Crippen molar-refractivity contribution in [2.75, 3.05) is 11.4 Å². The molecule has 7 heteroatoms. The third-order valence-electron chi connectivity index (χ3n) is 5.97. The lowest BCUT2D eigenvalue weighted by molar-refractivity contribution is -0.120. The van der Waals surface area contributed by atoms with Gasteiger partial charge in [0, 0.05) is 35.9 Å². The number of imidazole rings is 1. The maximum atomic E-state index is 13.5. The van der Waals surface area contributed by atoms with Crippen LogP contribution >= 0.6 is 11.6 Å². The van der Waals surface area contributed by atoms with Crippen molar-refractivity contribution in [3.63, 3.8) is 0 Å². The Balaban J connectivity index is 1.42. The minimum atomic E-state index is -1.06. The maximum absolute atomic E-state index is 13.5. The van der Waals surface area contributed by atoms with Crippen LogP contribution in [0.2, 0.25) is 5.02 Å². The van der Waals surface area contributed by atoms with E-state index in [-0.39, 0.29) is 17.5 Å². The lowest BCUT2D eigenvalue weighted by atomic mass is 9.92. The van der Waals surface area contributed by atoms with E-state index in [1.165, 1.54) is 12.5 Å². The number of aromatic carboxylic acids is 1. The molecule has 0 unspecified atom stereocenters. The number of halogens is 1. The predicted molar refractivity (Wildman–Crippen MR) is 108 cm³/mol. The summed E-state index contributed by atoms with van der Waals surface area (Å²) in [5.41, 5.74) is 2.63. The Morgan fingerprint density at radius 1 is 1.17 bits per heavy atom. The van der Waals surface area contributed by atoms with Gasteiger partial charge in [-0.3, -0.25) is 4.79 Å². The summed E-state index contributed by atoms with van der Waals surface area (Å²) < 4.78 is 1.70. The van der Waals surface area contributed by atoms with Gasteiger partial charge in [-0.1, -0.05) is 41.9 Å². The van der Waals surface area contributed by atoms with Crippen LogP contribution in [0.4, 0.5) is 5.69 Å². The molecule has 2 heterocycles. The van der Waals surface area contributed by atoms with Crippen molar-refractivity contribution in [2.45, 2.75) is 24.3 Å². The highest BCUT2D eigenvalue weighted by atomic mass is 35.5. The largest absolute Gasteiger partial charge is 0.476 e. The van der Waals surface area contributed by atoms with Crippen LogP contribution in [0, 0.1) is 0 Å². The average molecular weight is 408 g/mol. The third kappa shape index (κ3) is 2.75. The molecule has 1 spiro atoms. The Bertz CT molecular complexity index is 1120. The molecule has 5 rings (SSSR count). The highest BCUT2D eigenvalue weighted by Gasteiger charge is 2.66. The van der Waals surface area contributed by atoms with E-state index in [1.54, 1.807) is 4.57 Å². The first kappa shape index (κ1) is 17.9. The maximum Gasteiger partial charge on any atom is 0.356 e. The first-order valence-corrected chi connectivity index (χ1v) is 9.80. The number of carboxylic acids is 1. The van der Waals surface area contributed by atoms with E-state index in [1.807, 2.05) is 53.4 Å². The first-order valence-electron chi connectivity index (χ1n) is 9.43. The molecular formula is C22H18ClN3O3. The highest BCUT2D eigenvalue weighted by Crippen LogP contribution is 2.66. The van der Waals surface area contributed by atoms with E-state index in [0.29, 0.717) is 18.1 Å². The molecule has 1 fully saturated rings. The van der Waals surface area contributed by atoms with Crippen molar-refractivity contribution in [3.8, 4) is 0 Å². The van der Waals surface area contributed by atoms with E-state index in [4.69, 9.17) is 16.7 Å². The second-order valence-electron chi connectivity index (χ2n) is 7.56. The molecule has 3 aromatic rings. The Morgan fingerprint density at radius 2 is 1.93 bits per heavy atom. The molecule has 6 nitrogen and oxygen atoms in total. The number of hydrogen-bond acceptors (Lipinski definition) is 3. The monoisotopic (exact) mass is 407 g/mol. The Hall–Kier alpha value is -3.12. The van der Waals surface area contributed by atoms with Crippen LogP contribution in [0.15, 0.2) is 61.1 Å². The van der Waals surface area contributed by atoms with Crippen molar-refractivity contribution in [1.82, 2.24) is 9.55 Å². The van der Waals surface area contributed by atoms with Crippen LogP contribution in [0.1, 0.15) is 34.0 Å². The van der Waals surface area contributed by atoms with Gasteiger partial charge in [0.25, 0.3) is 0 Å². The minimum Gasteiger partial charge on any atom is -0.476 e. The fourth-order valence-corrected chi connectivity index (χ4v) is 4.60. The summed E-state index contributed by atoms with van der Waals surface area (Å²) in [5.74, 6) is -0.809. The van der Waals surface area contributed by atoms with E-state index in [9.17, 15) is 9.59 Å². The van der Waals surface area contributed by atoms with E-state index >= 15 is 0 Å². The molecule has 2 aliphatic rings. The van der Waals surface area contributed by atoms with Crippen LogP contribution in [-0.4, -0.2) is 33.1 Å². The molecule has 0 saturated heterocycles. The van der Waals surface area contributed by atoms with Gasteiger partial charge in [-0.2, -0.15) is 0 Å². The number of carboxylic acid groups (broad SMARTS) is 1. The number of benzene rings is 2.